The van der Waals surface area contributed by atoms with E-state index in [0.29, 0.717) is 18.7 Å². The molecule has 1 aromatic carbocycles. The van der Waals surface area contributed by atoms with Gasteiger partial charge < -0.3 is 10.0 Å². The topological polar surface area (TPSA) is 53.4 Å². The maximum absolute atomic E-state index is 12.5. The Hall–Kier alpha value is -2.20. The Morgan fingerprint density at radius 2 is 2.00 bits per heavy atom. The molecule has 1 atom stereocenters. The van der Waals surface area contributed by atoms with Crippen LogP contribution in [-0.4, -0.2) is 22.5 Å². The Morgan fingerprint density at radius 1 is 1.21 bits per heavy atom. The molecule has 1 amide bonds. The Labute approximate surface area is 111 Å². The van der Waals surface area contributed by atoms with Crippen molar-refractivity contribution in [3.05, 3.63) is 59.9 Å². The molecule has 1 aliphatic rings. The van der Waals surface area contributed by atoms with Gasteiger partial charge in [0.2, 0.25) is 0 Å². The van der Waals surface area contributed by atoms with Crippen LogP contribution >= 0.6 is 0 Å². The lowest BCUT2D eigenvalue weighted by molar-refractivity contribution is 0.0966. The normalized spacial score (nSPS) is 17.9. The van der Waals surface area contributed by atoms with E-state index in [0.717, 1.165) is 11.3 Å². The molecule has 0 spiro atoms. The van der Waals surface area contributed by atoms with Crippen LogP contribution < -0.4 is 4.90 Å². The number of carbonyl (C=O) groups excluding carboxylic acids is 1. The Kier molecular flexibility index (Phi) is 3.01. The fraction of sp³-hybridized carbons (Fsp3) is 0.200. The highest BCUT2D eigenvalue weighted by molar-refractivity contribution is 6.05. The maximum atomic E-state index is 12.5. The molecule has 2 aromatic rings. The first-order valence-electron chi connectivity index (χ1n) is 6.27. The molecule has 96 valence electrons. The largest absolute Gasteiger partial charge is 0.388 e. The van der Waals surface area contributed by atoms with E-state index in [-0.39, 0.29) is 5.91 Å². The Balaban J connectivity index is 1.99. The second-order valence-corrected chi connectivity index (χ2v) is 4.54. The number of aliphatic hydroxyl groups is 1. The lowest BCUT2D eigenvalue weighted by Gasteiger charge is -2.31. The van der Waals surface area contributed by atoms with Crippen LogP contribution in [0.1, 0.15) is 28.6 Å². The van der Waals surface area contributed by atoms with Gasteiger partial charge in [0.1, 0.15) is 5.69 Å². The van der Waals surface area contributed by atoms with Crippen molar-refractivity contribution in [2.75, 3.05) is 11.4 Å². The molecular weight excluding hydrogens is 240 g/mol. The van der Waals surface area contributed by atoms with Crippen molar-refractivity contribution in [3.8, 4) is 0 Å². The Morgan fingerprint density at radius 3 is 2.79 bits per heavy atom. The number of fused-ring (bicyclic) bond motifs is 1. The zero-order valence-electron chi connectivity index (χ0n) is 10.4. The molecule has 0 fully saturated rings. The second-order valence-electron chi connectivity index (χ2n) is 4.54. The van der Waals surface area contributed by atoms with Gasteiger partial charge in [0.25, 0.3) is 5.91 Å². The average molecular weight is 254 g/mol. The van der Waals surface area contributed by atoms with Crippen molar-refractivity contribution in [1.82, 2.24) is 4.98 Å². The van der Waals surface area contributed by atoms with Crippen LogP contribution in [0.2, 0.25) is 0 Å². The third-order valence-electron chi connectivity index (χ3n) is 3.34. The maximum Gasteiger partial charge on any atom is 0.276 e. The highest BCUT2D eigenvalue weighted by Gasteiger charge is 2.28. The van der Waals surface area contributed by atoms with Gasteiger partial charge in [-0.3, -0.25) is 9.78 Å². The molecule has 1 aliphatic heterocycles. The van der Waals surface area contributed by atoms with Gasteiger partial charge in [-0.1, -0.05) is 24.3 Å². The van der Waals surface area contributed by atoms with Gasteiger partial charge in [-0.25, -0.2) is 0 Å². The van der Waals surface area contributed by atoms with E-state index in [1.807, 2.05) is 24.3 Å². The number of hydrogen-bond acceptors (Lipinski definition) is 3. The molecule has 0 aliphatic carbocycles. The van der Waals surface area contributed by atoms with Crippen LogP contribution in [0.4, 0.5) is 5.69 Å². The predicted octanol–water partition coefficient (Wildman–Crippen LogP) is 2.17. The van der Waals surface area contributed by atoms with Crippen molar-refractivity contribution in [2.24, 2.45) is 0 Å². The number of benzene rings is 1. The van der Waals surface area contributed by atoms with Crippen LogP contribution in [0.5, 0.6) is 0 Å². The monoisotopic (exact) mass is 254 g/mol. The van der Waals surface area contributed by atoms with E-state index in [1.165, 1.54) is 0 Å². The van der Waals surface area contributed by atoms with E-state index in [4.69, 9.17) is 0 Å². The van der Waals surface area contributed by atoms with Crippen LogP contribution in [0.25, 0.3) is 0 Å². The van der Waals surface area contributed by atoms with E-state index in [1.54, 1.807) is 29.3 Å². The summed E-state index contributed by atoms with van der Waals surface area (Å²) in [6, 6.07) is 12.7. The first-order chi connectivity index (χ1) is 9.27. The number of para-hydroxylation sites is 1. The van der Waals surface area contributed by atoms with Crippen LogP contribution in [-0.2, 0) is 0 Å². The van der Waals surface area contributed by atoms with E-state index in [9.17, 15) is 9.90 Å². The van der Waals surface area contributed by atoms with Gasteiger partial charge in [-0.15, -0.1) is 0 Å². The molecule has 0 saturated carbocycles. The van der Waals surface area contributed by atoms with Crippen LogP contribution in [0.3, 0.4) is 0 Å². The third-order valence-corrected chi connectivity index (χ3v) is 3.34. The molecule has 0 saturated heterocycles. The first kappa shape index (κ1) is 11.9. The van der Waals surface area contributed by atoms with Gasteiger partial charge in [0.15, 0.2) is 0 Å². The summed E-state index contributed by atoms with van der Waals surface area (Å²) in [5.41, 5.74) is 2.00. The quantitative estimate of drug-likeness (QED) is 0.848. The minimum atomic E-state index is -0.496. The highest BCUT2D eigenvalue weighted by Crippen LogP contribution is 2.33. The highest BCUT2D eigenvalue weighted by atomic mass is 16.3. The average Bonchev–Trinajstić information content (AvgIpc) is 2.48. The summed E-state index contributed by atoms with van der Waals surface area (Å²) in [4.78, 5) is 18.2. The number of aromatic nitrogens is 1. The lowest BCUT2D eigenvalue weighted by atomic mass is 9.98. The van der Waals surface area contributed by atoms with Gasteiger partial charge in [-0.05, 0) is 24.6 Å². The molecule has 0 bridgehead atoms. The van der Waals surface area contributed by atoms with E-state index in [2.05, 4.69) is 4.98 Å². The van der Waals surface area contributed by atoms with Crippen molar-refractivity contribution in [3.63, 3.8) is 0 Å². The summed E-state index contributed by atoms with van der Waals surface area (Å²) in [6.45, 7) is 0.508. The smallest absolute Gasteiger partial charge is 0.276 e. The number of nitrogens with zero attached hydrogens (tertiary/aromatic N) is 2. The van der Waals surface area contributed by atoms with Crippen molar-refractivity contribution >= 4 is 11.6 Å². The predicted molar refractivity (Wildman–Crippen MR) is 71.9 cm³/mol. The number of amides is 1. The molecule has 0 radical (unpaired) electrons. The number of aliphatic hydroxyl groups excluding tert-OH is 1. The standard InChI is InChI=1S/C15H14N2O2/c18-14-8-10-17(13-7-2-1-5-11(13)14)15(19)12-6-3-4-9-16-12/h1-7,9,14,18H,8,10H2. The van der Waals surface area contributed by atoms with Crippen LogP contribution in [0, 0.1) is 0 Å². The summed E-state index contributed by atoms with van der Waals surface area (Å²) in [5.74, 6) is -0.125. The minimum absolute atomic E-state index is 0.125. The third kappa shape index (κ3) is 2.11. The number of carbonyl (C=O) groups is 1. The van der Waals surface area contributed by atoms with Gasteiger partial charge in [0.05, 0.1) is 6.10 Å². The summed E-state index contributed by atoms with van der Waals surface area (Å²) >= 11 is 0. The van der Waals surface area contributed by atoms with Crippen molar-refractivity contribution in [1.29, 1.82) is 0 Å². The number of rotatable bonds is 1. The first-order valence-corrected chi connectivity index (χ1v) is 6.27. The molecule has 2 heterocycles. The number of hydrogen-bond donors (Lipinski definition) is 1. The fourth-order valence-electron chi connectivity index (χ4n) is 2.38. The van der Waals surface area contributed by atoms with Gasteiger partial charge in [-0.2, -0.15) is 0 Å². The van der Waals surface area contributed by atoms with Crippen molar-refractivity contribution in [2.45, 2.75) is 12.5 Å². The lowest BCUT2D eigenvalue weighted by Crippen LogP contribution is -2.37. The zero-order chi connectivity index (χ0) is 13.2. The number of pyridine rings is 1. The molecular formula is C15H14N2O2. The fourth-order valence-corrected chi connectivity index (χ4v) is 2.38. The van der Waals surface area contributed by atoms with Gasteiger partial charge in [0, 0.05) is 24.0 Å². The molecule has 3 rings (SSSR count). The summed E-state index contributed by atoms with van der Waals surface area (Å²) < 4.78 is 0. The number of anilines is 1. The summed E-state index contributed by atoms with van der Waals surface area (Å²) in [6.07, 6.45) is 1.66. The second kappa shape index (κ2) is 4.82. The molecule has 1 unspecified atom stereocenters. The van der Waals surface area contributed by atoms with E-state index >= 15 is 0 Å². The van der Waals surface area contributed by atoms with Gasteiger partial charge >= 0.3 is 0 Å². The molecule has 4 heteroatoms. The summed E-state index contributed by atoms with van der Waals surface area (Å²) in [7, 11) is 0. The Bertz CT molecular complexity index is 598. The van der Waals surface area contributed by atoms with Crippen molar-refractivity contribution < 1.29 is 9.90 Å². The van der Waals surface area contributed by atoms with E-state index < -0.39 is 6.10 Å². The molecule has 1 N–H and O–H groups in total. The summed E-state index contributed by atoms with van der Waals surface area (Å²) in [5, 5.41) is 9.98. The minimum Gasteiger partial charge on any atom is -0.388 e. The van der Waals surface area contributed by atoms with Crippen LogP contribution in [0.15, 0.2) is 48.7 Å². The molecule has 19 heavy (non-hydrogen) atoms. The molecule has 1 aromatic heterocycles. The zero-order valence-corrected chi connectivity index (χ0v) is 10.4. The molecule has 4 nitrogen and oxygen atoms in total. The SMILES string of the molecule is O=C(c1ccccn1)N1CCC(O)c2ccccc21.